The molecular weight excluding hydrogens is 236 g/mol. The number of rotatable bonds is 3. The molecule has 1 fully saturated rings. The minimum absolute atomic E-state index is 0.151. The fourth-order valence-corrected chi connectivity index (χ4v) is 2.75. The molecule has 19 heavy (non-hydrogen) atoms. The molecular formula is C15H24N4. The van der Waals surface area contributed by atoms with Gasteiger partial charge in [-0.25, -0.2) is 0 Å². The van der Waals surface area contributed by atoms with E-state index in [2.05, 4.69) is 36.0 Å². The molecule has 1 aliphatic heterocycles. The van der Waals surface area contributed by atoms with E-state index in [-0.39, 0.29) is 5.84 Å². The van der Waals surface area contributed by atoms with E-state index in [0.717, 1.165) is 42.7 Å². The normalized spacial score (nSPS) is 17.4. The van der Waals surface area contributed by atoms with Gasteiger partial charge in [0.2, 0.25) is 0 Å². The van der Waals surface area contributed by atoms with Crippen LogP contribution < -0.4 is 10.6 Å². The quantitative estimate of drug-likeness (QED) is 0.644. The summed E-state index contributed by atoms with van der Waals surface area (Å²) >= 11 is 0. The van der Waals surface area contributed by atoms with Crippen LogP contribution in [-0.4, -0.2) is 44.0 Å². The van der Waals surface area contributed by atoms with Crippen molar-refractivity contribution in [2.24, 2.45) is 5.73 Å². The van der Waals surface area contributed by atoms with E-state index in [4.69, 9.17) is 11.1 Å². The molecule has 4 heteroatoms. The van der Waals surface area contributed by atoms with Crippen molar-refractivity contribution in [1.82, 2.24) is 4.90 Å². The lowest BCUT2D eigenvalue weighted by atomic mass is 10.0. The third kappa shape index (κ3) is 3.07. The Morgan fingerprint density at radius 3 is 2.58 bits per heavy atom. The molecule has 0 aliphatic carbocycles. The van der Waals surface area contributed by atoms with Gasteiger partial charge < -0.3 is 15.5 Å². The molecule has 0 amide bonds. The fourth-order valence-electron chi connectivity index (χ4n) is 2.75. The number of nitrogen functional groups attached to an aromatic ring is 1. The molecule has 0 unspecified atom stereocenters. The minimum atomic E-state index is 0.151. The van der Waals surface area contributed by atoms with E-state index in [1.807, 2.05) is 13.0 Å². The first-order valence-electron chi connectivity index (χ1n) is 6.85. The number of nitrogens with zero attached hydrogens (tertiary/aromatic N) is 2. The zero-order chi connectivity index (χ0) is 14.0. The van der Waals surface area contributed by atoms with Crippen LogP contribution in [0.4, 0.5) is 5.69 Å². The van der Waals surface area contributed by atoms with Crippen molar-refractivity contribution in [2.45, 2.75) is 25.8 Å². The number of anilines is 1. The average Bonchev–Trinajstić information content (AvgIpc) is 2.38. The molecule has 0 atom stereocenters. The van der Waals surface area contributed by atoms with Crippen molar-refractivity contribution >= 4 is 11.5 Å². The number of hydrogen-bond donors (Lipinski definition) is 2. The second kappa shape index (κ2) is 5.61. The largest absolute Gasteiger partial charge is 0.384 e. The van der Waals surface area contributed by atoms with Gasteiger partial charge in [-0.1, -0.05) is 11.6 Å². The molecule has 3 N–H and O–H groups in total. The van der Waals surface area contributed by atoms with Gasteiger partial charge in [0.1, 0.15) is 5.84 Å². The van der Waals surface area contributed by atoms with Gasteiger partial charge in [0.15, 0.2) is 0 Å². The van der Waals surface area contributed by atoms with E-state index in [9.17, 15) is 0 Å². The van der Waals surface area contributed by atoms with Crippen molar-refractivity contribution in [3.05, 3.63) is 29.3 Å². The molecule has 0 radical (unpaired) electrons. The van der Waals surface area contributed by atoms with E-state index in [1.165, 1.54) is 0 Å². The van der Waals surface area contributed by atoms with E-state index < -0.39 is 0 Å². The molecule has 0 bridgehead atoms. The Kier molecular flexibility index (Phi) is 4.10. The molecule has 1 saturated heterocycles. The van der Waals surface area contributed by atoms with Crippen molar-refractivity contribution in [2.75, 3.05) is 32.1 Å². The van der Waals surface area contributed by atoms with Crippen molar-refractivity contribution in [3.8, 4) is 0 Å². The van der Waals surface area contributed by atoms with Crippen molar-refractivity contribution in [1.29, 1.82) is 5.41 Å². The van der Waals surface area contributed by atoms with Crippen LogP contribution in [0.3, 0.4) is 0 Å². The predicted octanol–water partition coefficient (Wildman–Crippen LogP) is 1.81. The second-order valence-electron chi connectivity index (χ2n) is 5.58. The Bertz CT molecular complexity index is 461. The number of nitrogens with two attached hydrogens (primary N) is 1. The van der Waals surface area contributed by atoms with Gasteiger partial charge in [-0.05, 0) is 52.0 Å². The summed E-state index contributed by atoms with van der Waals surface area (Å²) in [4.78, 5) is 4.66. The summed E-state index contributed by atoms with van der Waals surface area (Å²) in [6, 6.07) is 6.72. The number of nitrogens with one attached hydrogen (secondary N) is 1. The van der Waals surface area contributed by atoms with E-state index in [0.29, 0.717) is 6.04 Å². The second-order valence-corrected chi connectivity index (χ2v) is 5.58. The van der Waals surface area contributed by atoms with Crippen molar-refractivity contribution in [3.63, 3.8) is 0 Å². The Hall–Kier alpha value is -1.55. The third-order valence-electron chi connectivity index (χ3n) is 4.06. The number of benzene rings is 1. The Balaban J connectivity index is 2.23. The van der Waals surface area contributed by atoms with Gasteiger partial charge in [0.25, 0.3) is 0 Å². The minimum Gasteiger partial charge on any atom is -0.384 e. The number of piperidine rings is 1. The molecule has 0 spiro atoms. The highest BCUT2D eigenvalue weighted by atomic mass is 15.2. The number of likely N-dealkylation sites (tertiary alicyclic amines) is 1. The molecule has 0 saturated carbocycles. The molecule has 0 aromatic heterocycles. The smallest absolute Gasteiger partial charge is 0.124 e. The summed E-state index contributed by atoms with van der Waals surface area (Å²) in [5, 5.41) is 7.76. The lowest BCUT2D eigenvalue weighted by molar-refractivity contribution is 0.253. The fraction of sp³-hybridized carbons (Fsp3) is 0.533. The maximum absolute atomic E-state index is 7.76. The van der Waals surface area contributed by atoms with Gasteiger partial charge in [-0.2, -0.15) is 0 Å². The summed E-state index contributed by atoms with van der Waals surface area (Å²) in [7, 11) is 4.29. The number of hydrogen-bond acceptors (Lipinski definition) is 3. The van der Waals surface area contributed by atoms with Crippen LogP contribution in [-0.2, 0) is 0 Å². The summed E-state index contributed by atoms with van der Waals surface area (Å²) in [5.41, 5.74) is 8.79. The Morgan fingerprint density at radius 2 is 2.00 bits per heavy atom. The summed E-state index contributed by atoms with van der Waals surface area (Å²) in [6.45, 7) is 4.30. The Labute approximate surface area is 115 Å². The zero-order valence-corrected chi connectivity index (χ0v) is 12.1. The SMILES string of the molecule is Cc1ccc(N(C)C2CCN(C)CC2)c(C(=N)N)c1. The zero-order valence-electron chi connectivity index (χ0n) is 12.1. The van der Waals surface area contributed by atoms with Crippen molar-refractivity contribution < 1.29 is 0 Å². The summed E-state index contributed by atoms with van der Waals surface area (Å²) in [5.74, 6) is 0.151. The van der Waals surface area contributed by atoms with E-state index in [1.54, 1.807) is 0 Å². The molecule has 1 aromatic rings. The van der Waals surface area contributed by atoms with Crippen LogP contribution in [0.5, 0.6) is 0 Å². The highest BCUT2D eigenvalue weighted by Gasteiger charge is 2.22. The van der Waals surface area contributed by atoms with Crippen LogP contribution in [0.25, 0.3) is 0 Å². The molecule has 1 aliphatic rings. The monoisotopic (exact) mass is 260 g/mol. The van der Waals surface area contributed by atoms with Crippen LogP contribution in [0.2, 0.25) is 0 Å². The molecule has 104 valence electrons. The number of amidine groups is 1. The number of aryl methyl sites for hydroxylation is 1. The highest BCUT2D eigenvalue weighted by molar-refractivity contribution is 6.00. The van der Waals surface area contributed by atoms with Crippen LogP contribution >= 0.6 is 0 Å². The van der Waals surface area contributed by atoms with Gasteiger partial charge in [0, 0.05) is 24.3 Å². The first kappa shape index (κ1) is 13.9. The van der Waals surface area contributed by atoms with Crippen LogP contribution in [0.15, 0.2) is 18.2 Å². The van der Waals surface area contributed by atoms with Gasteiger partial charge >= 0.3 is 0 Å². The van der Waals surface area contributed by atoms with Gasteiger partial charge in [-0.15, -0.1) is 0 Å². The molecule has 1 heterocycles. The predicted molar refractivity (Wildman–Crippen MR) is 81.1 cm³/mol. The van der Waals surface area contributed by atoms with Crippen LogP contribution in [0, 0.1) is 12.3 Å². The average molecular weight is 260 g/mol. The standard InChI is InChI=1S/C15H24N4/c1-11-4-5-14(13(10-11)15(16)17)19(3)12-6-8-18(2)9-7-12/h4-5,10,12H,6-9H2,1-3H3,(H3,16,17). The molecule has 1 aromatic carbocycles. The van der Waals surface area contributed by atoms with Crippen LogP contribution in [0.1, 0.15) is 24.0 Å². The Morgan fingerprint density at radius 1 is 1.37 bits per heavy atom. The van der Waals surface area contributed by atoms with Gasteiger partial charge in [-0.3, -0.25) is 5.41 Å². The van der Waals surface area contributed by atoms with Gasteiger partial charge in [0.05, 0.1) is 0 Å². The maximum Gasteiger partial charge on any atom is 0.124 e. The summed E-state index contributed by atoms with van der Waals surface area (Å²) < 4.78 is 0. The van der Waals surface area contributed by atoms with E-state index >= 15 is 0 Å². The molecule has 4 nitrogen and oxygen atoms in total. The lowest BCUT2D eigenvalue weighted by Gasteiger charge is -2.37. The third-order valence-corrected chi connectivity index (χ3v) is 4.06. The first-order valence-corrected chi connectivity index (χ1v) is 6.85. The first-order chi connectivity index (χ1) is 8.99. The lowest BCUT2D eigenvalue weighted by Crippen LogP contribution is -2.42. The summed E-state index contributed by atoms with van der Waals surface area (Å²) in [6.07, 6.45) is 2.33. The molecule has 2 rings (SSSR count). The highest BCUT2D eigenvalue weighted by Crippen LogP contribution is 2.26. The maximum atomic E-state index is 7.76. The topological polar surface area (TPSA) is 56.4 Å².